The second-order valence-electron chi connectivity index (χ2n) is 4.90. The van der Waals surface area contributed by atoms with Gasteiger partial charge in [-0.2, -0.15) is 0 Å². The van der Waals surface area contributed by atoms with Crippen LogP contribution in [0.5, 0.6) is 0 Å². The molecule has 2 unspecified atom stereocenters. The van der Waals surface area contributed by atoms with Crippen LogP contribution < -0.4 is 5.32 Å². The van der Waals surface area contributed by atoms with Crippen LogP contribution in [0, 0.1) is 11.8 Å². The van der Waals surface area contributed by atoms with Crippen LogP contribution in [0.25, 0.3) is 0 Å². The molecule has 1 N–H and O–H groups in total. The molecule has 0 aliphatic carbocycles. The molecule has 0 bridgehead atoms. The highest BCUT2D eigenvalue weighted by atomic mass is 15.2. The fraction of sp³-hybridized carbons (Fsp3) is 1.00. The number of likely N-dealkylation sites (tertiary alicyclic amines) is 1. The Balaban J connectivity index is 1.94. The van der Waals surface area contributed by atoms with Crippen molar-refractivity contribution in [2.75, 3.05) is 26.2 Å². The monoisotopic (exact) mass is 182 g/mol. The lowest BCUT2D eigenvalue weighted by atomic mass is 9.92. The Morgan fingerprint density at radius 1 is 1.08 bits per heavy atom. The van der Waals surface area contributed by atoms with Gasteiger partial charge < -0.3 is 10.2 Å². The molecule has 13 heavy (non-hydrogen) atoms. The third-order valence-electron chi connectivity index (χ3n) is 3.72. The smallest absolute Gasteiger partial charge is 0.00388 e. The van der Waals surface area contributed by atoms with E-state index in [0.29, 0.717) is 0 Å². The lowest BCUT2D eigenvalue weighted by Crippen LogP contribution is -2.29. The Morgan fingerprint density at radius 2 is 1.62 bits per heavy atom. The molecule has 0 saturated carbocycles. The quantitative estimate of drug-likeness (QED) is 0.658. The first-order valence-corrected chi connectivity index (χ1v) is 5.72. The molecule has 0 aromatic heterocycles. The minimum atomic E-state index is 0.750. The number of rotatable bonds is 1. The van der Waals surface area contributed by atoms with Crippen LogP contribution in [0.15, 0.2) is 0 Å². The standard InChI is InChI=1S/C11H22N2/c1-9(2)13-7-10-3-5-12-6-4-11(10)8-13/h9-12H,3-8H2,1-2H3. The molecule has 0 aromatic rings. The Hall–Kier alpha value is -0.0800. The zero-order chi connectivity index (χ0) is 9.26. The van der Waals surface area contributed by atoms with Crippen molar-refractivity contribution in [3.05, 3.63) is 0 Å². The molecule has 2 atom stereocenters. The van der Waals surface area contributed by atoms with Crippen molar-refractivity contribution in [1.82, 2.24) is 10.2 Å². The summed E-state index contributed by atoms with van der Waals surface area (Å²) in [4.78, 5) is 2.65. The predicted octanol–water partition coefficient (Wildman–Crippen LogP) is 1.33. The van der Waals surface area contributed by atoms with Gasteiger partial charge in [0.05, 0.1) is 0 Å². The first-order valence-electron chi connectivity index (χ1n) is 5.72. The highest BCUT2D eigenvalue weighted by Crippen LogP contribution is 2.30. The summed E-state index contributed by atoms with van der Waals surface area (Å²) in [5.74, 6) is 1.97. The van der Waals surface area contributed by atoms with Crippen molar-refractivity contribution in [3.8, 4) is 0 Å². The third kappa shape index (κ3) is 2.05. The van der Waals surface area contributed by atoms with E-state index in [9.17, 15) is 0 Å². The number of nitrogens with zero attached hydrogens (tertiary/aromatic N) is 1. The van der Waals surface area contributed by atoms with Crippen LogP contribution in [0.4, 0.5) is 0 Å². The largest absolute Gasteiger partial charge is 0.317 e. The highest BCUT2D eigenvalue weighted by molar-refractivity contribution is 4.87. The van der Waals surface area contributed by atoms with E-state index >= 15 is 0 Å². The van der Waals surface area contributed by atoms with Gasteiger partial charge in [-0.3, -0.25) is 0 Å². The number of nitrogens with one attached hydrogen (secondary N) is 1. The molecule has 2 fully saturated rings. The van der Waals surface area contributed by atoms with Crippen molar-refractivity contribution in [2.45, 2.75) is 32.7 Å². The summed E-state index contributed by atoms with van der Waals surface area (Å²) in [6.07, 6.45) is 2.79. The summed E-state index contributed by atoms with van der Waals surface area (Å²) in [6, 6.07) is 0.750. The van der Waals surface area contributed by atoms with Gasteiger partial charge in [-0.15, -0.1) is 0 Å². The second kappa shape index (κ2) is 3.97. The summed E-state index contributed by atoms with van der Waals surface area (Å²) in [5, 5.41) is 3.50. The molecular weight excluding hydrogens is 160 g/mol. The summed E-state index contributed by atoms with van der Waals surface area (Å²) in [7, 11) is 0. The van der Waals surface area contributed by atoms with Crippen molar-refractivity contribution in [1.29, 1.82) is 0 Å². The summed E-state index contributed by atoms with van der Waals surface area (Å²) in [5.41, 5.74) is 0. The van der Waals surface area contributed by atoms with Crippen LogP contribution in [-0.4, -0.2) is 37.1 Å². The molecule has 2 aliphatic heterocycles. The Morgan fingerprint density at radius 3 is 2.08 bits per heavy atom. The van der Waals surface area contributed by atoms with Crippen LogP contribution in [0.3, 0.4) is 0 Å². The number of hydrogen-bond donors (Lipinski definition) is 1. The van der Waals surface area contributed by atoms with Gasteiger partial charge in [0.1, 0.15) is 0 Å². The van der Waals surface area contributed by atoms with E-state index in [0.717, 1.165) is 17.9 Å². The normalized spacial score (nSPS) is 36.2. The van der Waals surface area contributed by atoms with Gasteiger partial charge in [0.2, 0.25) is 0 Å². The second-order valence-corrected chi connectivity index (χ2v) is 4.90. The van der Waals surface area contributed by atoms with Crippen LogP contribution >= 0.6 is 0 Å². The summed E-state index contributed by atoms with van der Waals surface area (Å²) in [6.45, 7) is 9.83. The van der Waals surface area contributed by atoms with Crippen molar-refractivity contribution < 1.29 is 0 Å². The van der Waals surface area contributed by atoms with Crippen LogP contribution in [0.2, 0.25) is 0 Å². The van der Waals surface area contributed by atoms with E-state index < -0.39 is 0 Å². The number of hydrogen-bond acceptors (Lipinski definition) is 2. The average Bonchev–Trinajstić information content (AvgIpc) is 2.38. The zero-order valence-electron chi connectivity index (χ0n) is 8.92. The van der Waals surface area contributed by atoms with E-state index in [1.807, 2.05) is 0 Å². The molecule has 0 aromatic carbocycles. The Bertz CT molecular complexity index is 153. The number of fused-ring (bicyclic) bond motifs is 1. The fourth-order valence-corrected chi connectivity index (χ4v) is 2.75. The van der Waals surface area contributed by atoms with Gasteiger partial charge in [0, 0.05) is 19.1 Å². The molecule has 2 saturated heterocycles. The highest BCUT2D eigenvalue weighted by Gasteiger charge is 2.33. The molecule has 0 amide bonds. The molecule has 2 heteroatoms. The molecule has 0 spiro atoms. The topological polar surface area (TPSA) is 15.3 Å². The van der Waals surface area contributed by atoms with E-state index in [2.05, 4.69) is 24.1 Å². The zero-order valence-corrected chi connectivity index (χ0v) is 8.92. The molecule has 2 rings (SSSR count). The molecule has 2 aliphatic rings. The van der Waals surface area contributed by atoms with Gasteiger partial charge in [-0.1, -0.05) is 0 Å². The minimum Gasteiger partial charge on any atom is -0.317 e. The van der Waals surface area contributed by atoms with Crippen LogP contribution in [0.1, 0.15) is 26.7 Å². The van der Waals surface area contributed by atoms with Crippen LogP contribution in [-0.2, 0) is 0 Å². The fourth-order valence-electron chi connectivity index (χ4n) is 2.75. The van der Waals surface area contributed by atoms with E-state index in [-0.39, 0.29) is 0 Å². The summed E-state index contributed by atoms with van der Waals surface area (Å²) < 4.78 is 0. The maximum atomic E-state index is 3.50. The average molecular weight is 182 g/mol. The molecule has 2 heterocycles. The van der Waals surface area contributed by atoms with Crippen molar-refractivity contribution in [2.24, 2.45) is 11.8 Å². The lowest BCUT2D eigenvalue weighted by Gasteiger charge is -2.20. The van der Waals surface area contributed by atoms with Gasteiger partial charge in [-0.05, 0) is 51.6 Å². The SMILES string of the molecule is CC(C)N1CC2CCNCCC2C1. The van der Waals surface area contributed by atoms with Gasteiger partial charge in [0.25, 0.3) is 0 Å². The predicted molar refractivity (Wildman–Crippen MR) is 55.8 cm³/mol. The molecule has 2 nitrogen and oxygen atoms in total. The maximum absolute atomic E-state index is 3.50. The first-order chi connectivity index (χ1) is 6.27. The first kappa shape index (κ1) is 9.47. The minimum absolute atomic E-state index is 0.750. The van der Waals surface area contributed by atoms with E-state index in [1.54, 1.807) is 0 Å². The Labute approximate surface area is 81.7 Å². The van der Waals surface area contributed by atoms with Crippen molar-refractivity contribution in [3.63, 3.8) is 0 Å². The molecule has 0 radical (unpaired) electrons. The third-order valence-corrected chi connectivity index (χ3v) is 3.72. The summed E-state index contributed by atoms with van der Waals surface area (Å²) >= 11 is 0. The van der Waals surface area contributed by atoms with E-state index in [1.165, 1.54) is 39.0 Å². The molecule has 76 valence electrons. The van der Waals surface area contributed by atoms with E-state index in [4.69, 9.17) is 0 Å². The maximum Gasteiger partial charge on any atom is 0.00388 e. The van der Waals surface area contributed by atoms with Gasteiger partial charge in [-0.25, -0.2) is 0 Å². The van der Waals surface area contributed by atoms with Gasteiger partial charge in [0.15, 0.2) is 0 Å². The lowest BCUT2D eigenvalue weighted by molar-refractivity contribution is 0.257. The Kier molecular flexibility index (Phi) is 2.89. The molecular formula is C11H22N2. The van der Waals surface area contributed by atoms with Crippen molar-refractivity contribution >= 4 is 0 Å². The van der Waals surface area contributed by atoms with Gasteiger partial charge >= 0.3 is 0 Å².